The molecular weight excluding hydrogens is 450 g/mol. The lowest BCUT2D eigenvalue weighted by Crippen LogP contribution is -2.35. The fourth-order valence-corrected chi connectivity index (χ4v) is 6.55. The zero-order valence-corrected chi connectivity index (χ0v) is 20.9. The van der Waals surface area contributed by atoms with Gasteiger partial charge in [0.05, 0.1) is 7.11 Å². The lowest BCUT2D eigenvalue weighted by Gasteiger charge is -2.30. The van der Waals surface area contributed by atoms with Gasteiger partial charge in [-0.1, -0.05) is 25.5 Å². The van der Waals surface area contributed by atoms with Crippen molar-refractivity contribution in [3.63, 3.8) is 0 Å². The van der Waals surface area contributed by atoms with Gasteiger partial charge in [-0.05, 0) is 74.0 Å². The van der Waals surface area contributed by atoms with Crippen LogP contribution >= 0.6 is 0 Å². The molecule has 1 N–H and O–H groups in total. The monoisotopic (exact) mass is 485 g/mol. The van der Waals surface area contributed by atoms with Crippen LogP contribution in [0.25, 0.3) is 0 Å². The molecule has 0 spiro atoms. The number of hydrogen-bond acceptors (Lipinski definition) is 5. The van der Waals surface area contributed by atoms with E-state index in [4.69, 9.17) is 4.74 Å². The number of methoxy groups -OCH3 is 1. The van der Waals surface area contributed by atoms with Crippen LogP contribution in [-0.2, 0) is 16.6 Å². The van der Waals surface area contributed by atoms with Crippen molar-refractivity contribution in [2.75, 3.05) is 38.6 Å². The number of hydrogen-bond donors (Lipinski definition) is 1. The maximum Gasteiger partial charge on any atom is 0.255 e. The Hall–Kier alpha value is -2.42. The first kappa shape index (κ1) is 24.7. The van der Waals surface area contributed by atoms with E-state index in [1.54, 1.807) is 12.1 Å². The number of likely N-dealkylation sites (tertiary alicyclic amines) is 1. The van der Waals surface area contributed by atoms with Crippen molar-refractivity contribution >= 4 is 21.6 Å². The summed E-state index contributed by atoms with van der Waals surface area (Å²) < 4.78 is 33.3. The summed E-state index contributed by atoms with van der Waals surface area (Å²) in [6, 6.07) is 12.4. The molecule has 0 radical (unpaired) electrons. The number of piperidine rings is 2. The van der Waals surface area contributed by atoms with Crippen LogP contribution in [0.5, 0.6) is 5.75 Å². The van der Waals surface area contributed by atoms with E-state index in [-0.39, 0.29) is 16.6 Å². The molecule has 2 saturated heterocycles. The number of ether oxygens (including phenoxy) is 1. The summed E-state index contributed by atoms with van der Waals surface area (Å²) >= 11 is 0. The average Bonchev–Trinajstić information content (AvgIpc) is 2.85. The first-order valence-electron chi connectivity index (χ1n) is 12.2. The Kier molecular flexibility index (Phi) is 7.91. The third kappa shape index (κ3) is 5.79. The van der Waals surface area contributed by atoms with Gasteiger partial charge in [0.2, 0.25) is 10.0 Å². The molecular formula is C26H35N3O4S. The summed E-state index contributed by atoms with van der Waals surface area (Å²) in [4.78, 5) is 15.4. The van der Waals surface area contributed by atoms with E-state index in [1.807, 2.05) is 24.3 Å². The van der Waals surface area contributed by atoms with E-state index in [9.17, 15) is 13.2 Å². The molecule has 2 aliphatic rings. The Bertz CT molecular complexity index is 1100. The minimum Gasteiger partial charge on any atom is -0.495 e. The number of nitrogens with zero attached hydrogens (tertiary/aromatic N) is 2. The van der Waals surface area contributed by atoms with E-state index in [1.165, 1.54) is 35.9 Å². The molecule has 1 atom stereocenters. The van der Waals surface area contributed by atoms with Crippen LogP contribution in [0.4, 0.5) is 5.69 Å². The molecule has 34 heavy (non-hydrogen) atoms. The molecule has 0 saturated carbocycles. The van der Waals surface area contributed by atoms with Crippen LogP contribution in [0.2, 0.25) is 0 Å². The lowest BCUT2D eigenvalue weighted by atomic mass is 9.99. The summed E-state index contributed by atoms with van der Waals surface area (Å²) in [5, 5.41) is 2.84. The van der Waals surface area contributed by atoms with Gasteiger partial charge in [0, 0.05) is 37.4 Å². The van der Waals surface area contributed by atoms with Gasteiger partial charge in [0.15, 0.2) is 0 Å². The molecule has 2 fully saturated rings. The van der Waals surface area contributed by atoms with Gasteiger partial charge in [-0.25, -0.2) is 8.42 Å². The summed E-state index contributed by atoms with van der Waals surface area (Å²) in [7, 11) is -2.25. The number of sulfonamides is 1. The maximum atomic E-state index is 13.2. The van der Waals surface area contributed by atoms with Crippen molar-refractivity contribution in [3.05, 3.63) is 53.6 Å². The van der Waals surface area contributed by atoms with Crippen LogP contribution in [0, 0.1) is 5.92 Å². The largest absolute Gasteiger partial charge is 0.495 e. The van der Waals surface area contributed by atoms with E-state index < -0.39 is 10.0 Å². The SMILES string of the molecule is COc1ccc(NC(=O)c2ccc(CN3CCCC(C)C3)cc2)cc1S(=O)(=O)N1CCCCC1. The summed E-state index contributed by atoms with van der Waals surface area (Å²) in [6.07, 6.45) is 5.27. The van der Waals surface area contributed by atoms with E-state index in [0.29, 0.717) is 24.3 Å². The van der Waals surface area contributed by atoms with Crippen molar-refractivity contribution in [3.8, 4) is 5.75 Å². The molecule has 2 aromatic carbocycles. The molecule has 8 heteroatoms. The molecule has 4 rings (SSSR count). The second-order valence-electron chi connectivity index (χ2n) is 9.46. The van der Waals surface area contributed by atoms with Crippen molar-refractivity contribution < 1.29 is 17.9 Å². The predicted molar refractivity (Wildman–Crippen MR) is 134 cm³/mol. The Labute approximate surface area is 203 Å². The molecule has 1 unspecified atom stereocenters. The highest BCUT2D eigenvalue weighted by atomic mass is 32.2. The number of amides is 1. The van der Waals surface area contributed by atoms with Gasteiger partial charge in [-0.3, -0.25) is 9.69 Å². The number of anilines is 1. The van der Waals surface area contributed by atoms with Crippen molar-refractivity contribution in [1.82, 2.24) is 9.21 Å². The molecule has 2 aliphatic heterocycles. The second-order valence-corrected chi connectivity index (χ2v) is 11.4. The van der Waals surface area contributed by atoms with E-state index in [0.717, 1.165) is 44.8 Å². The normalized spacial score (nSPS) is 20.1. The van der Waals surface area contributed by atoms with Crippen molar-refractivity contribution in [1.29, 1.82) is 0 Å². The number of benzene rings is 2. The quantitative estimate of drug-likeness (QED) is 0.631. The number of nitrogens with one attached hydrogen (secondary N) is 1. The van der Waals surface area contributed by atoms with Gasteiger partial charge < -0.3 is 10.1 Å². The summed E-state index contributed by atoms with van der Waals surface area (Å²) in [5.41, 5.74) is 2.14. The molecule has 1 amide bonds. The second kappa shape index (κ2) is 10.9. The Morgan fingerprint density at radius 2 is 1.76 bits per heavy atom. The van der Waals surface area contributed by atoms with Gasteiger partial charge in [0.25, 0.3) is 5.91 Å². The summed E-state index contributed by atoms with van der Waals surface area (Å²) in [5.74, 6) is 0.733. The van der Waals surface area contributed by atoms with Crippen molar-refractivity contribution in [2.24, 2.45) is 5.92 Å². The molecule has 0 aliphatic carbocycles. The van der Waals surface area contributed by atoms with E-state index in [2.05, 4.69) is 17.1 Å². The van der Waals surface area contributed by atoms with Gasteiger partial charge in [-0.15, -0.1) is 0 Å². The number of carbonyl (C=O) groups excluding carboxylic acids is 1. The molecule has 7 nitrogen and oxygen atoms in total. The number of carbonyl (C=O) groups is 1. The number of rotatable bonds is 7. The zero-order valence-electron chi connectivity index (χ0n) is 20.1. The highest BCUT2D eigenvalue weighted by molar-refractivity contribution is 7.89. The van der Waals surface area contributed by atoms with Crippen LogP contribution < -0.4 is 10.1 Å². The van der Waals surface area contributed by atoms with E-state index >= 15 is 0 Å². The standard InChI is InChI=1S/C26H35N3O4S/c1-20-7-6-14-28(18-20)19-21-8-10-22(11-9-21)26(30)27-23-12-13-24(33-2)25(17-23)34(31,32)29-15-4-3-5-16-29/h8-13,17,20H,3-7,14-16,18-19H2,1-2H3,(H,27,30). The van der Waals surface area contributed by atoms with Gasteiger partial charge in [0.1, 0.15) is 10.6 Å². The summed E-state index contributed by atoms with van der Waals surface area (Å²) in [6.45, 7) is 6.43. The first-order chi connectivity index (χ1) is 16.4. The molecule has 2 heterocycles. The minimum atomic E-state index is -3.70. The average molecular weight is 486 g/mol. The highest BCUT2D eigenvalue weighted by Crippen LogP contribution is 2.31. The molecule has 184 valence electrons. The third-order valence-corrected chi connectivity index (χ3v) is 8.64. The third-order valence-electron chi connectivity index (χ3n) is 6.72. The van der Waals surface area contributed by atoms with Crippen LogP contribution in [-0.4, -0.2) is 56.8 Å². The molecule has 0 bridgehead atoms. The minimum absolute atomic E-state index is 0.0841. The maximum absolute atomic E-state index is 13.2. The van der Waals surface area contributed by atoms with Gasteiger partial charge in [-0.2, -0.15) is 4.31 Å². The zero-order chi connectivity index (χ0) is 24.1. The van der Waals surface area contributed by atoms with Crippen molar-refractivity contribution in [2.45, 2.75) is 50.5 Å². The van der Waals surface area contributed by atoms with Gasteiger partial charge >= 0.3 is 0 Å². The topological polar surface area (TPSA) is 79.0 Å². The Balaban J connectivity index is 1.46. The Morgan fingerprint density at radius 1 is 1.03 bits per heavy atom. The predicted octanol–water partition coefficient (Wildman–Crippen LogP) is 4.35. The first-order valence-corrected chi connectivity index (χ1v) is 13.6. The molecule has 2 aromatic rings. The fourth-order valence-electron chi connectivity index (χ4n) is 4.85. The van der Waals surface area contributed by atoms with Crippen LogP contribution in [0.3, 0.4) is 0 Å². The molecule has 0 aromatic heterocycles. The van der Waals surface area contributed by atoms with Crippen LogP contribution in [0.1, 0.15) is 54.9 Å². The van der Waals surface area contributed by atoms with Crippen LogP contribution in [0.15, 0.2) is 47.4 Å². The fraction of sp³-hybridized carbons (Fsp3) is 0.500. The lowest BCUT2D eigenvalue weighted by molar-refractivity contribution is 0.102. The highest BCUT2D eigenvalue weighted by Gasteiger charge is 2.29. The Morgan fingerprint density at radius 3 is 2.44 bits per heavy atom. The smallest absolute Gasteiger partial charge is 0.255 e.